The molecule has 1 rings (SSSR count). The van der Waals surface area contributed by atoms with Crippen LogP contribution in [0.2, 0.25) is 0 Å². The van der Waals surface area contributed by atoms with Gasteiger partial charge in [0.1, 0.15) is 5.76 Å². The zero-order valence-electron chi connectivity index (χ0n) is 6.41. The lowest BCUT2D eigenvalue weighted by Crippen LogP contribution is -1.78. The van der Waals surface area contributed by atoms with Gasteiger partial charge in [0.25, 0.3) is 0 Å². The Morgan fingerprint density at radius 1 is 1.36 bits per heavy atom. The molecule has 0 saturated heterocycles. The summed E-state index contributed by atoms with van der Waals surface area (Å²) in [4.78, 5) is 0. The van der Waals surface area contributed by atoms with Gasteiger partial charge in [-0.2, -0.15) is 0 Å². The van der Waals surface area contributed by atoms with Crippen LogP contribution in [0.1, 0.15) is 5.56 Å². The standard InChI is InChI=1S/C9H11OP/c1-11-7-9(10)8-5-3-2-4-6-8/h2-7,10-11H,1H3. The van der Waals surface area contributed by atoms with Crippen molar-refractivity contribution in [3.8, 4) is 0 Å². The maximum Gasteiger partial charge on any atom is 0.122 e. The van der Waals surface area contributed by atoms with Gasteiger partial charge in [0.15, 0.2) is 0 Å². The molecule has 0 aliphatic carbocycles. The number of hydrogen-bond donors (Lipinski definition) is 1. The summed E-state index contributed by atoms with van der Waals surface area (Å²) in [7, 11) is 0.652. The summed E-state index contributed by atoms with van der Waals surface area (Å²) < 4.78 is 0. The molecule has 0 saturated carbocycles. The van der Waals surface area contributed by atoms with Crippen LogP contribution in [0.15, 0.2) is 36.1 Å². The van der Waals surface area contributed by atoms with Gasteiger partial charge in [0.05, 0.1) is 0 Å². The monoisotopic (exact) mass is 166 g/mol. The van der Waals surface area contributed by atoms with Gasteiger partial charge in [0, 0.05) is 5.56 Å². The highest BCUT2D eigenvalue weighted by Gasteiger charge is 1.93. The molecule has 0 aliphatic heterocycles. The smallest absolute Gasteiger partial charge is 0.122 e. The van der Waals surface area contributed by atoms with Crippen LogP contribution >= 0.6 is 8.58 Å². The Kier molecular flexibility index (Phi) is 3.13. The third-order valence-corrected chi connectivity index (χ3v) is 1.91. The van der Waals surface area contributed by atoms with Gasteiger partial charge in [-0.05, 0) is 12.5 Å². The number of rotatable bonds is 2. The predicted octanol–water partition coefficient (Wildman–Crippen LogP) is 2.85. The van der Waals surface area contributed by atoms with Crippen LogP contribution in [0.25, 0.3) is 5.76 Å². The third-order valence-electron chi connectivity index (χ3n) is 1.35. The summed E-state index contributed by atoms with van der Waals surface area (Å²) in [5.41, 5.74) is 0.891. The van der Waals surface area contributed by atoms with Gasteiger partial charge in [-0.25, -0.2) is 0 Å². The van der Waals surface area contributed by atoms with Crippen molar-refractivity contribution >= 4 is 14.3 Å². The number of hydrogen-bond acceptors (Lipinski definition) is 1. The lowest BCUT2D eigenvalue weighted by atomic mass is 10.2. The molecule has 0 heterocycles. The Balaban J connectivity index is 2.85. The zero-order valence-corrected chi connectivity index (χ0v) is 7.41. The highest BCUT2D eigenvalue weighted by molar-refractivity contribution is 7.41. The molecule has 1 aromatic carbocycles. The van der Waals surface area contributed by atoms with E-state index < -0.39 is 0 Å². The van der Waals surface area contributed by atoms with Crippen molar-refractivity contribution in [3.63, 3.8) is 0 Å². The molecule has 0 aliphatic rings. The summed E-state index contributed by atoms with van der Waals surface area (Å²) >= 11 is 0. The minimum atomic E-state index is 0.381. The molecule has 1 unspecified atom stereocenters. The molecule has 1 aromatic rings. The van der Waals surface area contributed by atoms with Crippen LogP contribution in [-0.4, -0.2) is 11.8 Å². The van der Waals surface area contributed by atoms with Crippen LogP contribution < -0.4 is 0 Å². The summed E-state index contributed by atoms with van der Waals surface area (Å²) in [5.74, 6) is 2.21. The normalized spacial score (nSPS) is 12.6. The van der Waals surface area contributed by atoms with Gasteiger partial charge in [-0.3, -0.25) is 0 Å². The van der Waals surface area contributed by atoms with E-state index in [2.05, 4.69) is 0 Å². The number of benzene rings is 1. The van der Waals surface area contributed by atoms with Gasteiger partial charge in [-0.15, -0.1) is 0 Å². The summed E-state index contributed by atoms with van der Waals surface area (Å²) in [6.07, 6.45) is 0. The maximum atomic E-state index is 9.39. The van der Waals surface area contributed by atoms with Crippen molar-refractivity contribution < 1.29 is 5.11 Å². The van der Waals surface area contributed by atoms with Gasteiger partial charge < -0.3 is 5.11 Å². The van der Waals surface area contributed by atoms with Crippen LogP contribution in [0, 0.1) is 0 Å². The Hall–Kier alpha value is -0.810. The Morgan fingerprint density at radius 2 is 2.00 bits per heavy atom. The predicted molar refractivity (Wildman–Crippen MR) is 51.3 cm³/mol. The molecule has 2 heteroatoms. The van der Waals surface area contributed by atoms with Crippen LogP contribution in [0.4, 0.5) is 0 Å². The fourth-order valence-electron chi connectivity index (χ4n) is 0.829. The fourth-order valence-corrected chi connectivity index (χ4v) is 1.27. The minimum Gasteiger partial charge on any atom is -0.507 e. The van der Waals surface area contributed by atoms with Crippen molar-refractivity contribution in [2.24, 2.45) is 0 Å². The second-order valence-electron chi connectivity index (χ2n) is 2.18. The van der Waals surface area contributed by atoms with E-state index in [1.54, 1.807) is 0 Å². The van der Waals surface area contributed by atoms with E-state index in [0.717, 1.165) is 5.56 Å². The van der Waals surface area contributed by atoms with E-state index in [1.165, 1.54) is 0 Å². The minimum absolute atomic E-state index is 0.381. The number of aliphatic hydroxyl groups excluding tert-OH is 1. The zero-order chi connectivity index (χ0) is 8.10. The van der Waals surface area contributed by atoms with Crippen molar-refractivity contribution in [2.75, 3.05) is 6.66 Å². The molecule has 0 amide bonds. The first-order valence-corrected chi connectivity index (χ1v) is 5.04. The molecule has 1 atom stereocenters. The third kappa shape index (κ3) is 2.36. The topological polar surface area (TPSA) is 20.2 Å². The second-order valence-corrected chi connectivity index (χ2v) is 3.05. The maximum absolute atomic E-state index is 9.39. The summed E-state index contributed by atoms with van der Waals surface area (Å²) in [6, 6.07) is 9.55. The lowest BCUT2D eigenvalue weighted by Gasteiger charge is -1.97. The first kappa shape index (κ1) is 8.29. The van der Waals surface area contributed by atoms with Crippen molar-refractivity contribution in [1.82, 2.24) is 0 Å². The Morgan fingerprint density at radius 3 is 2.55 bits per heavy atom. The highest BCUT2D eigenvalue weighted by Crippen LogP contribution is 2.16. The van der Waals surface area contributed by atoms with E-state index in [-0.39, 0.29) is 0 Å². The molecule has 0 fully saturated rings. The van der Waals surface area contributed by atoms with Crippen molar-refractivity contribution in [1.29, 1.82) is 0 Å². The second kappa shape index (κ2) is 4.15. The molecular formula is C9H11OP. The van der Waals surface area contributed by atoms with E-state index in [1.807, 2.05) is 42.8 Å². The fraction of sp³-hybridized carbons (Fsp3) is 0.111. The highest BCUT2D eigenvalue weighted by atomic mass is 31.1. The largest absolute Gasteiger partial charge is 0.507 e. The van der Waals surface area contributed by atoms with Gasteiger partial charge >= 0.3 is 0 Å². The van der Waals surface area contributed by atoms with Gasteiger partial charge in [-0.1, -0.05) is 38.9 Å². The molecule has 1 N–H and O–H groups in total. The summed E-state index contributed by atoms with van der Waals surface area (Å²) in [6.45, 7) is 2.03. The molecule has 0 bridgehead atoms. The lowest BCUT2D eigenvalue weighted by molar-refractivity contribution is 0.513. The molecular weight excluding hydrogens is 155 g/mol. The molecule has 0 aromatic heterocycles. The molecule has 0 radical (unpaired) electrons. The van der Waals surface area contributed by atoms with E-state index in [4.69, 9.17) is 0 Å². The number of aliphatic hydroxyl groups is 1. The average molecular weight is 166 g/mol. The first-order chi connectivity index (χ1) is 5.34. The van der Waals surface area contributed by atoms with E-state index >= 15 is 0 Å². The quantitative estimate of drug-likeness (QED) is 0.529. The molecule has 0 spiro atoms. The average Bonchev–Trinajstić information content (AvgIpc) is 2.07. The Bertz CT molecular complexity index is 241. The molecule has 1 nitrogen and oxygen atoms in total. The SMILES string of the molecule is CPC=C(O)c1ccccc1. The van der Waals surface area contributed by atoms with E-state index in [9.17, 15) is 5.11 Å². The summed E-state index contributed by atoms with van der Waals surface area (Å²) in [5, 5.41) is 9.39. The van der Waals surface area contributed by atoms with E-state index in [0.29, 0.717) is 14.3 Å². The molecule has 58 valence electrons. The van der Waals surface area contributed by atoms with Crippen molar-refractivity contribution in [2.45, 2.75) is 0 Å². The first-order valence-electron chi connectivity index (χ1n) is 3.46. The molecule has 11 heavy (non-hydrogen) atoms. The Labute approximate surface area is 68.5 Å². The van der Waals surface area contributed by atoms with Gasteiger partial charge in [0.2, 0.25) is 0 Å². The van der Waals surface area contributed by atoms with Crippen LogP contribution in [0.5, 0.6) is 0 Å². The van der Waals surface area contributed by atoms with Crippen LogP contribution in [0.3, 0.4) is 0 Å². The van der Waals surface area contributed by atoms with Crippen LogP contribution in [-0.2, 0) is 0 Å². The van der Waals surface area contributed by atoms with Crippen molar-refractivity contribution in [3.05, 3.63) is 41.7 Å².